The molecule has 1 aromatic carbocycles. The molecule has 0 fully saturated rings. The quantitative estimate of drug-likeness (QED) is 0.791. The Bertz CT molecular complexity index is 496. The first-order valence-electron chi connectivity index (χ1n) is 5.33. The molecular weight excluding hydrogens is 261 g/mol. The Morgan fingerprint density at radius 1 is 1.32 bits per heavy atom. The SMILES string of the molecule is CO[N+](=O)c1cccc(C(F)(F)F)c1/C=C/N(C)C. The molecule has 0 unspecified atom stereocenters. The van der Waals surface area contributed by atoms with Crippen molar-refractivity contribution < 1.29 is 22.9 Å². The summed E-state index contributed by atoms with van der Waals surface area (Å²) in [4.78, 5) is 17.5. The van der Waals surface area contributed by atoms with Gasteiger partial charge in [-0.05, 0) is 18.3 Å². The molecule has 0 aliphatic carbocycles. The lowest BCUT2D eigenvalue weighted by molar-refractivity contribution is -0.736. The van der Waals surface area contributed by atoms with Gasteiger partial charge in [0.15, 0.2) is 7.11 Å². The second-order valence-corrected chi connectivity index (χ2v) is 3.96. The summed E-state index contributed by atoms with van der Waals surface area (Å²) in [5.41, 5.74) is -1.32. The van der Waals surface area contributed by atoms with Gasteiger partial charge < -0.3 is 4.90 Å². The van der Waals surface area contributed by atoms with E-state index < -0.39 is 11.7 Å². The molecule has 1 aromatic rings. The number of halogens is 3. The fourth-order valence-electron chi connectivity index (χ4n) is 1.46. The molecule has 104 valence electrons. The molecule has 0 atom stereocenters. The maximum absolute atomic E-state index is 12.9. The minimum atomic E-state index is -4.55. The summed E-state index contributed by atoms with van der Waals surface area (Å²) in [7, 11) is 4.42. The molecule has 7 heteroatoms. The standard InChI is InChI=1S/C12H14F3N2O2/c1-16(2)8-7-9-10(12(13,14)15)5-4-6-11(9)17(18)19-3/h4-8H,1-3H3/q+1/b8-7+. The van der Waals surface area contributed by atoms with Crippen molar-refractivity contribution in [3.05, 3.63) is 40.4 Å². The Labute approximate surface area is 108 Å². The molecule has 0 heterocycles. The fourth-order valence-corrected chi connectivity index (χ4v) is 1.46. The van der Waals surface area contributed by atoms with Crippen LogP contribution in [-0.2, 0) is 11.0 Å². The summed E-state index contributed by atoms with van der Waals surface area (Å²) >= 11 is 0. The molecular formula is C12H14F3N2O2+. The van der Waals surface area contributed by atoms with Crippen LogP contribution in [0.1, 0.15) is 11.1 Å². The van der Waals surface area contributed by atoms with E-state index in [0.29, 0.717) is 0 Å². The Morgan fingerprint density at radius 3 is 2.42 bits per heavy atom. The first kappa shape index (κ1) is 15.0. The van der Waals surface area contributed by atoms with Crippen LogP contribution in [0.2, 0.25) is 0 Å². The lowest BCUT2D eigenvalue weighted by atomic mass is 10.0. The molecule has 0 spiro atoms. The summed E-state index contributed by atoms with van der Waals surface area (Å²) in [6.45, 7) is 0. The number of rotatable bonds is 4. The van der Waals surface area contributed by atoms with E-state index in [1.165, 1.54) is 18.3 Å². The van der Waals surface area contributed by atoms with Crippen LogP contribution in [0.3, 0.4) is 0 Å². The summed E-state index contributed by atoms with van der Waals surface area (Å²) in [6, 6.07) is 3.35. The van der Waals surface area contributed by atoms with E-state index in [1.807, 2.05) is 0 Å². The van der Waals surface area contributed by atoms with E-state index in [1.54, 1.807) is 19.0 Å². The van der Waals surface area contributed by atoms with Gasteiger partial charge in [-0.25, -0.2) is 4.84 Å². The smallest absolute Gasteiger partial charge is 0.383 e. The van der Waals surface area contributed by atoms with Gasteiger partial charge in [-0.3, -0.25) is 0 Å². The third kappa shape index (κ3) is 3.70. The predicted octanol–water partition coefficient (Wildman–Crippen LogP) is 3.21. The first-order valence-corrected chi connectivity index (χ1v) is 5.33. The zero-order valence-electron chi connectivity index (χ0n) is 10.7. The Morgan fingerprint density at radius 2 is 1.95 bits per heavy atom. The molecule has 19 heavy (non-hydrogen) atoms. The fraction of sp³-hybridized carbons (Fsp3) is 0.333. The molecule has 4 nitrogen and oxygen atoms in total. The molecule has 0 saturated carbocycles. The number of benzene rings is 1. The summed E-state index contributed by atoms with van der Waals surface area (Å²) in [5.74, 6) is 0. The van der Waals surface area contributed by atoms with Gasteiger partial charge in [-0.2, -0.15) is 13.2 Å². The average molecular weight is 275 g/mol. The van der Waals surface area contributed by atoms with Crippen molar-refractivity contribution in [3.8, 4) is 0 Å². The van der Waals surface area contributed by atoms with E-state index in [0.717, 1.165) is 19.2 Å². The van der Waals surface area contributed by atoms with E-state index in [9.17, 15) is 18.1 Å². The van der Waals surface area contributed by atoms with Gasteiger partial charge in [0, 0.05) is 20.2 Å². The largest absolute Gasteiger partial charge is 0.417 e. The normalized spacial score (nSPS) is 11.7. The Kier molecular flexibility index (Phi) is 4.52. The minimum absolute atomic E-state index is 0.0462. The summed E-state index contributed by atoms with van der Waals surface area (Å²) in [6.07, 6.45) is -1.89. The maximum Gasteiger partial charge on any atom is 0.417 e. The highest BCUT2D eigenvalue weighted by molar-refractivity contribution is 5.64. The molecule has 0 saturated heterocycles. The summed E-state index contributed by atoms with van der Waals surface area (Å²) < 4.78 is 38.7. The lowest BCUT2D eigenvalue weighted by Gasteiger charge is -2.10. The third-order valence-electron chi connectivity index (χ3n) is 2.29. The highest BCUT2D eigenvalue weighted by atomic mass is 19.4. The van der Waals surface area contributed by atoms with Crippen LogP contribution in [0.15, 0.2) is 24.4 Å². The van der Waals surface area contributed by atoms with Crippen LogP contribution >= 0.6 is 0 Å². The van der Waals surface area contributed by atoms with Crippen LogP contribution in [0.25, 0.3) is 6.08 Å². The highest BCUT2D eigenvalue weighted by Crippen LogP contribution is 2.36. The number of nitrogens with zero attached hydrogens (tertiary/aromatic N) is 2. The predicted molar refractivity (Wildman–Crippen MR) is 64.5 cm³/mol. The molecule has 0 amide bonds. The average Bonchev–Trinajstić information content (AvgIpc) is 2.33. The minimum Gasteiger partial charge on any atom is -0.383 e. The first-order chi connectivity index (χ1) is 8.77. The van der Waals surface area contributed by atoms with Gasteiger partial charge in [0.2, 0.25) is 0 Å². The van der Waals surface area contributed by atoms with Gasteiger partial charge in [0.05, 0.1) is 16.0 Å². The molecule has 0 N–H and O–H groups in total. The summed E-state index contributed by atoms with van der Waals surface area (Å²) in [5, 5.41) is 0. The lowest BCUT2D eigenvalue weighted by Crippen LogP contribution is -2.11. The van der Waals surface area contributed by atoms with Crippen molar-refractivity contribution >= 4 is 11.8 Å². The number of alkyl halides is 3. The van der Waals surface area contributed by atoms with Crippen LogP contribution < -0.4 is 0 Å². The van der Waals surface area contributed by atoms with Crippen molar-refractivity contribution in [3.63, 3.8) is 0 Å². The molecule has 0 aliphatic heterocycles. The van der Waals surface area contributed by atoms with Gasteiger partial charge in [-0.15, -0.1) is 0 Å². The van der Waals surface area contributed by atoms with E-state index in [2.05, 4.69) is 4.84 Å². The second-order valence-electron chi connectivity index (χ2n) is 3.96. The van der Waals surface area contributed by atoms with Crippen LogP contribution in [0, 0.1) is 4.91 Å². The third-order valence-corrected chi connectivity index (χ3v) is 2.29. The van der Waals surface area contributed by atoms with E-state index >= 15 is 0 Å². The van der Waals surface area contributed by atoms with Gasteiger partial charge in [-0.1, -0.05) is 6.07 Å². The van der Waals surface area contributed by atoms with Crippen molar-refractivity contribution in [2.75, 3.05) is 21.2 Å². The van der Waals surface area contributed by atoms with Crippen LogP contribution in [0.5, 0.6) is 0 Å². The Hall–Kier alpha value is -2.05. The van der Waals surface area contributed by atoms with E-state index in [4.69, 9.17) is 0 Å². The van der Waals surface area contributed by atoms with Crippen LogP contribution in [-0.4, -0.2) is 31.0 Å². The van der Waals surface area contributed by atoms with Crippen LogP contribution in [0.4, 0.5) is 18.9 Å². The highest BCUT2D eigenvalue weighted by Gasteiger charge is 2.37. The molecule has 0 radical (unpaired) electrons. The Balaban J connectivity index is 3.45. The zero-order chi connectivity index (χ0) is 14.6. The molecule has 0 bridgehead atoms. The maximum atomic E-state index is 12.9. The molecule has 1 rings (SSSR count). The number of hydrogen-bond acceptors (Lipinski definition) is 3. The monoisotopic (exact) mass is 275 g/mol. The molecule has 0 aliphatic rings. The van der Waals surface area contributed by atoms with Gasteiger partial charge in [0.25, 0.3) is 4.92 Å². The van der Waals surface area contributed by atoms with Crippen molar-refractivity contribution in [2.24, 2.45) is 0 Å². The zero-order valence-corrected chi connectivity index (χ0v) is 10.7. The van der Waals surface area contributed by atoms with Gasteiger partial charge >= 0.3 is 11.9 Å². The van der Waals surface area contributed by atoms with Crippen molar-refractivity contribution in [1.29, 1.82) is 0 Å². The van der Waals surface area contributed by atoms with Crippen molar-refractivity contribution in [2.45, 2.75) is 6.18 Å². The van der Waals surface area contributed by atoms with E-state index in [-0.39, 0.29) is 16.2 Å². The number of hydrogen-bond donors (Lipinski definition) is 0. The van der Waals surface area contributed by atoms with Crippen molar-refractivity contribution in [1.82, 2.24) is 4.90 Å². The topological polar surface area (TPSA) is 32.6 Å². The van der Waals surface area contributed by atoms with Gasteiger partial charge in [0.1, 0.15) is 0 Å². The molecule has 0 aromatic heterocycles. The second kappa shape index (κ2) is 5.73.